The SMILES string of the molecule is CCOC(=O)[C@H]1CCCN(S(=O)(=O)N2CC[C@@H]2c2ccccc2)C1. The second-order valence-electron chi connectivity index (χ2n) is 6.28. The van der Waals surface area contributed by atoms with Crippen LogP contribution >= 0.6 is 0 Å². The Morgan fingerprint density at radius 2 is 1.96 bits per heavy atom. The molecule has 0 N–H and O–H groups in total. The van der Waals surface area contributed by atoms with Crippen molar-refractivity contribution in [3.05, 3.63) is 35.9 Å². The van der Waals surface area contributed by atoms with Gasteiger partial charge in [-0.15, -0.1) is 0 Å². The molecule has 2 atom stereocenters. The zero-order chi connectivity index (χ0) is 17.2. The molecule has 0 radical (unpaired) electrons. The van der Waals surface area contributed by atoms with E-state index in [-0.39, 0.29) is 24.5 Å². The summed E-state index contributed by atoms with van der Waals surface area (Å²) in [6, 6.07) is 9.61. The molecule has 1 aromatic rings. The minimum atomic E-state index is -3.55. The molecule has 0 saturated carbocycles. The van der Waals surface area contributed by atoms with Gasteiger partial charge in [-0.3, -0.25) is 4.79 Å². The first kappa shape index (κ1) is 17.4. The van der Waals surface area contributed by atoms with Crippen LogP contribution < -0.4 is 0 Å². The molecule has 0 aliphatic carbocycles. The van der Waals surface area contributed by atoms with Crippen molar-refractivity contribution in [2.45, 2.75) is 32.2 Å². The van der Waals surface area contributed by atoms with Gasteiger partial charge in [0.1, 0.15) is 0 Å². The lowest BCUT2D eigenvalue weighted by Gasteiger charge is -2.44. The zero-order valence-electron chi connectivity index (χ0n) is 13.9. The van der Waals surface area contributed by atoms with E-state index in [4.69, 9.17) is 4.74 Å². The summed E-state index contributed by atoms with van der Waals surface area (Å²) >= 11 is 0. The van der Waals surface area contributed by atoms with Crippen LogP contribution in [0.15, 0.2) is 30.3 Å². The third kappa shape index (κ3) is 3.34. The molecule has 132 valence electrons. The summed E-state index contributed by atoms with van der Waals surface area (Å²) < 4.78 is 34.0. The highest BCUT2D eigenvalue weighted by Gasteiger charge is 2.43. The number of carbonyl (C=O) groups is 1. The standard InChI is InChI=1S/C17H24N2O4S/c1-2-23-17(20)15-9-6-11-18(13-15)24(21,22)19-12-10-16(19)14-7-4-3-5-8-14/h3-5,7-8,15-16H,2,6,9-13H2,1H3/t15-,16+/m0/s1. The molecule has 6 nitrogen and oxygen atoms in total. The normalized spacial score (nSPS) is 25.9. The van der Waals surface area contributed by atoms with Crippen molar-refractivity contribution in [3.8, 4) is 0 Å². The van der Waals surface area contributed by atoms with Crippen molar-refractivity contribution in [2.24, 2.45) is 5.92 Å². The Morgan fingerprint density at radius 3 is 2.58 bits per heavy atom. The highest BCUT2D eigenvalue weighted by atomic mass is 32.2. The minimum absolute atomic E-state index is 0.0980. The average Bonchev–Trinajstić information content (AvgIpc) is 2.55. The molecular weight excluding hydrogens is 328 g/mol. The number of benzene rings is 1. The van der Waals surface area contributed by atoms with Crippen LogP contribution in [0.25, 0.3) is 0 Å². The van der Waals surface area contributed by atoms with E-state index in [0.717, 1.165) is 12.0 Å². The van der Waals surface area contributed by atoms with Crippen molar-refractivity contribution >= 4 is 16.2 Å². The second-order valence-corrected chi connectivity index (χ2v) is 8.16. The number of rotatable bonds is 5. The fraction of sp³-hybridized carbons (Fsp3) is 0.588. The van der Waals surface area contributed by atoms with E-state index in [1.54, 1.807) is 11.2 Å². The summed E-state index contributed by atoms with van der Waals surface area (Å²) in [5.41, 5.74) is 1.02. The van der Waals surface area contributed by atoms with Crippen LogP contribution in [0.4, 0.5) is 0 Å². The third-order valence-electron chi connectivity index (χ3n) is 4.78. The van der Waals surface area contributed by atoms with Crippen LogP contribution in [0.2, 0.25) is 0 Å². The van der Waals surface area contributed by atoms with E-state index in [1.807, 2.05) is 30.3 Å². The van der Waals surface area contributed by atoms with Gasteiger partial charge in [-0.25, -0.2) is 0 Å². The van der Waals surface area contributed by atoms with Gasteiger partial charge in [0.25, 0.3) is 10.2 Å². The maximum absolute atomic E-state index is 13.0. The topological polar surface area (TPSA) is 66.9 Å². The lowest BCUT2D eigenvalue weighted by Crippen LogP contribution is -2.54. The lowest BCUT2D eigenvalue weighted by molar-refractivity contribution is -0.149. The average molecular weight is 352 g/mol. The quantitative estimate of drug-likeness (QED) is 0.760. The molecule has 24 heavy (non-hydrogen) atoms. The number of nitrogens with zero attached hydrogens (tertiary/aromatic N) is 2. The van der Waals surface area contributed by atoms with E-state index in [9.17, 15) is 13.2 Å². The smallest absolute Gasteiger partial charge is 0.310 e. The first-order valence-corrected chi connectivity index (χ1v) is 9.92. The number of piperidine rings is 1. The first-order chi connectivity index (χ1) is 11.5. The number of hydrogen-bond acceptors (Lipinski definition) is 4. The Morgan fingerprint density at radius 1 is 1.21 bits per heavy atom. The maximum atomic E-state index is 13.0. The highest BCUT2D eigenvalue weighted by molar-refractivity contribution is 7.86. The van der Waals surface area contributed by atoms with Crippen molar-refractivity contribution in [1.29, 1.82) is 0 Å². The van der Waals surface area contributed by atoms with Crippen LogP contribution in [0.1, 0.15) is 37.8 Å². The summed E-state index contributed by atoms with van der Waals surface area (Å²) in [5, 5.41) is 0. The van der Waals surface area contributed by atoms with E-state index < -0.39 is 10.2 Å². The number of esters is 1. The van der Waals surface area contributed by atoms with Gasteiger partial charge in [-0.2, -0.15) is 17.0 Å². The fourth-order valence-electron chi connectivity index (χ4n) is 3.40. The molecule has 0 spiro atoms. The van der Waals surface area contributed by atoms with Gasteiger partial charge in [-0.05, 0) is 31.7 Å². The highest BCUT2D eigenvalue weighted by Crippen LogP contribution is 2.37. The summed E-state index contributed by atoms with van der Waals surface area (Å²) in [5.74, 6) is -0.648. The Balaban J connectivity index is 1.72. The summed E-state index contributed by atoms with van der Waals surface area (Å²) in [4.78, 5) is 12.0. The van der Waals surface area contributed by atoms with Crippen LogP contribution in [-0.2, 0) is 19.7 Å². The molecule has 0 bridgehead atoms. The molecule has 0 aromatic heterocycles. The van der Waals surface area contributed by atoms with E-state index in [2.05, 4.69) is 0 Å². The van der Waals surface area contributed by atoms with E-state index in [1.165, 1.54) is 4.31 Å². The maximum Gasteiger partial charge on any atom is 0.310 e. The van der Waals surface area contributed by atoms with Gasteiger partial charge >= 0.3 is 5.97 Å². The zero-order valence-corrected chi connectivity index (χ0v) is 14.7. The Bertz CT molecular complexity index is 677. The van der Waals surface area contributed by atoms with Gasteiger partial charge in [-0.1, -0.05) is 30.3 Å². The number of ether oxygens (including phenoxy) is 1. The molecule has 2 saturated heterocycles. The number of hydrogen-bond donors (Lipinski definition) is 0. The van der Waals surface area contributed by atoms with E-state index >= 15 is 0 Å². The van der Waals surface area contributed by atoms with E-state index in [0.29, 0.717) is 32.5 Å². The van der Waals surface area contributed by atoms with Crippen molar-refractivity contribution in [1.82, 2.24) is 8.61 Å². The molecule has 1 aromatic carbocycles. The van der Waals surface area contributed by atoms with Crippen LogP contribution in [0.3, 0.4) is 0 Å². The van der Waals surface area contributed by atoms with Gasteiger partial charge in [0.15, 0.2) is 0 Å². The van der Waals surface area contributed by atoms with Crippen LogP contribution in [-0.4, -0.2) is 49.2 Å². The predicted octanol–water partition coefficient (Wildman–Crippen LogP) is 1.95. The lowest BCUT2D eigenvalue weighted by atomic mass is 9.98. The van der Waals surface area contributed by atoms with Gasteiger partial charge < -0.3 is 4.74 Å². The summed E-state index contributed by atoms with van der Waals surface area (Å²) in [6.07, 6.45) is 2.21. The summed E-state index contributed by atoms with van der Waals surface area (Å²) in [6.45, 7) is 3.31. The molecule has 2 fully saturated rings. The molecule has 0 amide bonds. The minimum Gasteiger partial charge on any atom is -0.466 e. The number of carbonyl (C=O) groups excluding carboxylic acids is 1. The molecule has 2 heterocycles. The molecule has 3 rings (SSSR count). The Labute approximate surface area is 143 Å². The van der Waals surface area contributed by atoms with Gasteiger partial charge in [0, 0.05) is 19.6 Å². The second kappa shape index (κ2) is 7.21. The molecule has 2 aliphatic rings. The fourth-order valence-corrected chi connectivity index (χ4v) is 5.31. The predicted molar refractivity (Wildman–Crippen MR) is 90.4 cm³/mol. The summed E-state index contributed by atoms with van der Waals surface area (Å²) in [7, 11) is -3.55. The third-order valence-corrected chi connectivity index (χ3v) is 6.80. The Hall–Kier alpha value is -1.44. The largest absolute Gasteiger partial charge is 0.466 e. The molecule has 7 heteroatoms. The first-order valence-electron chi connectivity index (χ1n) is 8.52. The van der Waals surface area contributed by atoms with Gasteiger partial charge in [0.05, 0.1) is 18.6 Å². The van der Waals surface area contributed by atoms with Crippen LogP contribution in [0.5, 0.6) is 0 Å². The molecule has 2 aliphatic heterocycles. The monoisotopic (exact) mass is 352 g/mol. The van der Waals surface area contributed by atoms with Crippen molar-refractivity contribution in [2.75, 3.05) is 26.2 Å². The molecule has 0 unspecified atom stereocenters. The molecular formula is C17H24N2O4S. The van der Waals surface area contributed by atoms with Crippen molar-refractivity contribution < 1.29 is 17.9 Å². The van der Waals surface area contributed by atoms with Gasteiger partial charge in [0.2, 0.25) is 0 Å². The van der Waals surface area contributed by atoms with Crippen molar-refractivity contribution in [3.63, 3.8) is 0 Å². The Kier molecular flexibility index (Phi) is 5.22. The van der Waals surface area contributed by atoms with Crippen LogP contribution in [0, 0.1) is 5.92 Å².